The van der Waals surface area contributed by atoms with Crippen molar-refractivity contribution in [1.29, 1.82) is 0 Å². The molecule has 26 heavy (non-hydrogen) atoms. The molecule has 0 spiro atoms. The molecule has 1 saturated heterocycles. The number of carbonyl (C=O) groups excluding carboxylic acids is 4. The Kier molecular flexibility index (Phi) is 5.25. The summed E-state index contributed by atoms with van der Waals surface area (Å²) in [6.45, 7) is -0.518. The van der Waals surface area contributed by atoms with Crippen LogP contribution in [-0.2, 0) is 19.1 Å². The van der Waals surface area contributed by atoms with E-state index < -0.39 is 24.2 Å². The van der Waals surface area contributed by atoms with E-state index in [1.54, 1.807) is 0 Å². The molecular formula is C19H18FNO5. The fourth-order valence-electron chi connectivity index (χ4n) is 3.23. The van der Waals surface area contributed by atoms with E-state index in [2.05, 4.69) is 0 Å². The molecule has 1 aromatic carbocycles. The molecule has 0 N–H and O–H groups in total. The van der Waals surface area contributed by atoms with Gasteiger partial charge in [0.05, 0.1) is 18.3 Å². The van der Waals surface area contributed by atoms with Gasteiger partial charge in [-0.25, -0.2) is 4.39 Å². The van der Waals surface area contributed by atoms with Gasteiger partial charge in [0.2, 0.25) is 11.8 Å². The van der Waals surface area contributed by atoms with Gasteiger partial charge < -0.3 is 4.74 Å². The summed E-state index contributed by atoms with van der Waals surface area (Å²) in [5.41, 5.74) is 0.237. The van der Waals surface area contributed by atoms with Crippen molar-refractivity contribution in [2.75, 3.05) is 13.2 Å². The van der Waals surface area contributed by atoms with Crippen molar-refractivity contribution in [3.63, 3.8) is 0 Å². The Morgan fingerprint density at radius 1 is 1.04 bits per heavy atom. The van der Waals surface area contributed by atoms with Crippen molar-refractivity contribution >= 4 is 23.6 Å². The highest BCUT2D eigenvalue weighted by atomic mass is 19.1. The van der Waals surface area contributed by atoms with Crippen molar-refractivity contribution in [3.8, 4) is 0 Å². The lowest BCUT2D eigenvalue weighted by atomic mass is 9.85. The van der Waals surface area contributed by atoms with Gasteiger partial charge in [0.1, 0.15) is 5.82 Å². The molecule has 2 amide bonds. The van der Waals surface area contributed by atoms with E-state index in [-0.39, 0.29) is 42.2 Å². The Labute approximate surface area is 149 Å². The van der Waals surface area contributed by atoms with Gasteiger partial charge in [-0.2, -0.15) is 0 Å². The zero-order valence-corrected chi connectivity index (χ0v) is 14.0. The van der Waals surface area contributed by atoms with Gasteiger partial charge in [-0.3, -0.25) is 24.1 Å². The van der Waals surface area contributed by atoms with E-state index in [4.69, 9.17) is 4.74 Å². The number of esters is 1. The average molecular weight is 359 g/mol. The standard InChI is InChI=1S/C19H18FNO5/c20-13-7-5-12(6-8-13)16(22)11-26-17(23)9-10-21-18(24)14-3-1-2-4-15(14)19(21)25/h1-2,5-8,14-15H,3-4,9-11H2/t14-,15-/m1/s1. The van der Waals surface area contributed by atoms with Gasteiger partial charge in [-0.05, 0) is 37.1 Å². The Morgan fingerprint density at radius 3 is 2.19 bits per heavy atom. The van der Waals surface area contributed by atoms with E-state index in [0.29, 0.717) is 12.8 Å². The molecule has 3 rings (SSSR count). The third kappa shape index (κ3) is 3.71. The second-order valence-corrected chi connectivity index (χ2v) is 6.32. The van der Waals surface area contributed by atoms with Crippen LogP contribution in [0.3, 0.4) is 0 Å². The van der Waals surface area contributed by atoms with Crippen molar-refractivity contribution in [3.05, 3.63) is 47.8 Å². The molecule has 136 valence electrons. The summed E-state index contributed by atoms with van der Waals surface area (Å²) in [5.74, 6) is -2.75. The number of hydrogen-bond donors (Lipinski definition) is 0. The first-order valence-corrected chi connectivity index (χ1v) is 8.42. The zero-order valence-electron chi connectivity index (χ0n) is 14.0. The van der Waals surface area contributed by atoms with E-state index in [9.17, 15) is 23.6 Å². The third-order valence-corrected chi connectivity index (χ3v) is 4.67. The number of fused-ring (bicyclic) bond motifs is 1. The molecule has 0 saturated carbocycles. The summed E-state index contributed by atoms with van der Waals surface area (Å²) < 4.78 is 17.7. The van der Waals surface area contributed by atoms with Crippen LogP contribution >= 0.6 is 0 Å². The van der Waals surface area contributed by atoms with Crippen LogP contribution in [0.1, 0.15) is 29.6 Å². The lowest BCUT2D eigenvalue weighted by Gasteiger charge is -2.14. The molecule has 2 aliphatic rings. The minimum atomic E-state index is -0.672. The monoisotopic (exact) mass is 359 g/mol. The number of amides is 2. The van der Waals surface area contributed by atoms with Gasteiger partial charge in [0, 0.05) is 12.1 Å². The molecule has 1 aromatic rings. The van der Waals surface area contributed by atoms with Crippen LogP contribution in [0.25, 0.3) is 0 Å². The highest BCUT2D eigenvalue weighted by molar-refractivity contribution is 6.05. The maximum atomic E-state index is 12.8. The number of halogens is 1. The fourth-order valence-corrected chi connectivity index (χ4v) is 3.23. The lowest BCUT2D eigenvalue weighted by Crippen LogP contribution is -2.33. The Morgan fingerprint density at radius 2 is 1.62 bits per heavy atom. The molecule has 1 heterocycles. The highest BCUT2D eigenvalue weighted by Crippen LogP contribution is 2.34. The van der Waals surface area contributed by atoms with Crippen LogP contribution < -0.4 is 0 Å². The van der Waals surface area contributed by atoms with Gasteiger partial charge >= 0.3 is 5.97 Å². The SMILES string of the molecule is O=C(CCN1C(=O)[C@@H]2CC=CC[C@H]2C1=O)OCC(=O)c1ccc(F)cc1. The predicted octanol–water partition coefficient (Wildman–Crippen LogP) is 1.89. The Balaban J connectivity index is 1.47. The summed E-state index contributed by atoms with van der Waals surface area (Å²) in [6.07, 6.45) is 4.71. The maximum absolute atomic E-state index is 12.8. The number of hydrogen-bond acceptors (Lipinski definition) is 5. The number of likely N-dealkylation sites (tertiary alicyclic amines) is 1. The van der Waals surface area contributed by atoms with Crippen LogP contribution in [0.4, 0.5) is 4.39 Å². The van der Waals surface area contributed by atoms with E-state index in [1.807, 2.05) is 12.2 Å². The van der Waals surface area contributed by atoms with E-state index in [1.165, 1.54) is 12.1 Å². The fraction of sp³-hybridized carbons (Fsp3) is 0.368. The molecule has 0 radical (unpaired) electrons. The minimum absolute atomic E-state index is 0.0474. The molecule has 6 nitrogen and oxygen atoms in total. The molecule has 1 aliphatic carbocycles. The molecule has 0 aromatic heterocycles. The average Bonchev–Trinajstić information content (AvgIpc) is 2.89. The topological polar surface area (TPSA) is 80.8 Å². The van der Waals surface area contributed by atoms with Gasteiger partial charge in [-0.15, -0.1) is 0 Å². The maximum Gasteiger partial charge on any atom is 0.308 e. The first-order valence-electron chi connectivity index (χ1n) is 8.42. The van der Waals surface area contributed by atoms with E-state index >= 15 is 0 Å². The summed E-state index contributed by atoms with van der Waals surface area (Å²) in [5, 5.41) is 0. The van der Waals surface area contributed by atoms with Crippen LogP contribution in [0.2, 0.25) is 0 Å². The summed E-state index contributed by atoms with van der Waals surface area (Å²) in [4.78, 5) is 49.4. The molecule has 0 bridgehead atoms. The van der Waals surface area contributed by atoms with Crippen molar-refractivity contribution < 1.29 is 28.3 Å². The van der Waals surface area contributed by atoms with Crippen LogP contribution in [0.15, 0.2) is 36.4 Å². The molecule has 1 fully saturated rings. The van der Waals surface area contributed by atoms with Gasteiger partial charge in [-0.1, -0.05) is 12.2 Å². The number of ether oxygens (including phenoxy) is 1. The van der Waals surface area contributed by atoms with Crippen molar-refractivity contribution in [1.82, 2.24) is 4.90 Å². The van der Waals surface area contributed by atoms with Gasteiger partial charge in [0.15, 0.2) is 12.4 Å². The van der Waals surface area contributed by atoms with Crippen molar-refractivity contribution in [2.24, 2.45) is 11.8 Å². The molecular weight excluding hydrogens is 341 g/mol. The smallest absolute Gasteiger partial charge is 0.308 e. The summed E-state index contributed by atoms with van der Waals surface area (Å²) in [7, 11) is 0. The number of benzene rings is 1. The summed E-state index contributed by atoms with van der Waals surface area (Å²) >= 11 is 0. The normalized spacial score (nSPS) is 21.7. The second kappa shape index (κ2) is 7.59. The highest BCUT2D eigenvalue weighted by Gasteiger charge is 2.46. The number of rotatable bonds is 6. The number of Topliss-reactive ketones (excluding diaryl/α,β-unsaturated/α-hetero) is 1. The number of allylic oxidation sites excluding steroid dienone is 2. The zero-order chi connectivity index (χ0) is 18.7. The minimum Gasteiger partial charge on any atom is -0.457 e. The van der Waals surface area contributed by atoms with Crippen LogP contribution in [0, 0.1) is 17.7 Å². The second-order valence-electron chi connectivity index (χ2n) is 6.32. The molecule has 0 unspecified atom stereocenters. The number of ketones is 1. The number of imide groups is 1. The Bertz CT molecular complexity index is 745. The van der Waals surface area contributed by atoms with Crippen LogP contribution in [-0.4, -0.2) is 41.6 Å². The Hall–Kier alpha value is -2.83. The molecule has 2 atom stereocenters. The van der Waals surface area contributed by atoms with Crippen LogP contribution in [0.5, 0.6) is 0 Å². The predicted molar refractivity (Wildman–Crippen MR) is 88.4 cm³/mol. The summed E-state index contributed by atoms with van der Waals surface area (Å²) in [6, 6.07) is 4.91. The third-order valence-electron chi connectivity index (χ3n) is 4.67. The molecule has 7 heteroatoms. The van der Waals surface area contributed by atoms with Gasteiger partial charge in [0.25, 0.3) is 0 Å². The quantitative estimate of drug-likeness (QED) is 0.335. The number of nitrogens with zero attached hydrogens (tertiary/aromatic N) is 1. The lowest BCUT2D eigenvalue weighted by molar-refractivity contribution is -0.145. The molecule has 1 aliphatic heterocycles. The van der Waals surface area contributed by atoms with E-state index in [0.717, 1.165) is 17.0 Å². The number of carbonyl (C=O) groups is 4. The first kappa shape index (κ1) is 18.0. The van der Waals surface area contributed by atoms with Crippen molar-refractivity contribution in [2.45, 2.75) is 19.3 Å². The first-order chi connectivity index (χ1) is 12.5. The largest absolute Gasteiger partial charge is 0.457 e.